The van der Waals surface area contributed by atoms with Crippen molar-refractivity contribution < 1.29 is 27.1 Å². The molecule has 0 bridgehead atoms. The number of ether oxygens (including phenoxy) is 1. The predicted molar refractivity (Wildman–Crippen MR) is 168 cm³/mol. The van der Waals surface area contributed by atoms with Gasteiger partial charge in [0.2, 0.25) is 5.56 Å². The van der Waals surface area contributed by atoms with Crippen LogP contribution in [0.15, 0.2) is 53.5 Å². The van der Waals surface area contributed by atoms with Crippen molar-refractivity contribution in [3.63, 3.8) is 0 Å². The number of anilines is 3. The highest BCUT2D eigenvalue weighted by Gasteiger charge is 2.44. The van der Waals surface area contributed by atoms with Crippen LogP contribution in [0.3, 0.4) is 0 Å². The molecule has 0 unspecified atom stereocenters. The fourth-order valence-corrected chi connectivity index (χ4v) is 6.36. The Kier molecular flexibility index (Phi) is 8.56. The number of hydrogen-bond acceptors (Lipinski definition) is 6. The standard InChI is InChI=1S/C34H35F4N5O3/c1-22-19-42(11-10-41(22)2)30-17-28(35)24(15-29(30)40-32(45)26-18-39-31(44)16-27(26)34(36,37)38)7-6-23-4-3-5-25(14-23)43-20-33(21-43)8-12-46-13-9-33/h3-5,14-18,22H,8-13,19-21H2,1-2H3,(H,39,44)(H,40,45)/t22-/m0/s1. The van der Waals surface area contributed by atoms with Crippen LogP contribution in [0.5, 0.6) is 0 Å². The summed E-state index contributed by atoms with van der Waals surface area (Å²) in [4.78, 5) is 33.4. The lowest BCUT2D eigenvalue weighted by Crippen LogP contribution is -2.58. The average molecular weight is 638 g/mol. The molecule has 6 rings (SSSR count). The summed E-state index contributed by atoms with van der Waals surface area (Å²) >= 11 is 0. The summed E-state index contributed by atoms with van der Waals surface area (Å²) in [6.07, 6.45) is -2.11. The van der Waals surface area contributed by atoms with Crippen molar-refractivity contribution in [2.24, 2.45) is 5.41 Å². The van der Waals surface area contributed by atoms with Gasteiger partial charge in [0.1, 0.15) is 5.82 Å². The zero-order chi connectivity index (χ0) is 32.6. The molecule has 242 valence electrons. The number of rotatable bonds is 4. The molecule has 4 heterocycles. The van der Waals surface area contributed by atoms with Crippen molar-refractivity contribution in [1.82, 2.24) is 9.88 Å². The van der Waals surface area contributed by atoms with Gasteiger partial charge >= 0.3 is 6.18 Å². The molecule has 1 aromatic heterocycles. The largest absolute Gasteiger partial charge is 0.417 e. The van der Waals surface area contributed by atoms with Gasteiger partial charge < -0.3 is 29.7 Å². The fraction of sp³-hybridized carbons (Fsp3) is 0.412. The smallest absolute Gasteiger partial charge is 0.381 e. The minimum absolute atomic E-state index is 0.0192. The number of carbonyl (C=O) groups is 1. The van der Waals surface area contributed by atoms with Gasteiger partial charge in [-0.2, -0.15) is 13.2 Å². The predicted octanol–water partition coefficient (Wildman–Crippen LogP) is 4.94. The molecule has 8 nitrogen and oxygen atoms in total. The fourth-order valence-electron chi connectivity index (χ4n) is 6.36. The van der Waals surface area contributed by atoms with Gasteiger partial charge in [0.25, 0.3) is 5.91 Å². The third kappa shape index (κ3) is 6.62. The lowest BCUT2D eigenvalue weighted by atomic mass is 9.73. The molecule has 0 saturated carbocycles. The molecular formula is C34H35F4N5O3. The van der Waals surface area contributed by atoms with Crippen molar-refractivity contribution in [3.05, 3.63) is 87.1 Å². The maximum Gasteiger partial charge on any atom is 0.417 e. The molecule has 1 spiro atoms. The number of H-pyrrole nitrogens is 1. The number of aromatic amines is 1. The number of halogens is 4. The minimum atomic E-state index is -4.94. The first-order valence-electron chi connectivity index (χ1n) is 15.3. The molecule has 3 aromatic rings. The zero-order valence-corrected chi connectivity index (χ0v) is 25.6. The molecular weight excluding hydrogens is 602 g/mol. The van der Waals surface area contributed by atoms with Crippen LogP contribution >= 0.6 is 0 Å². The quantitative estimate of drug-likeness (QED) is 0.312. The Balaban J connectivity index is 1.30. The first-order valence-corrected chi connectivity index (χ1v) is 15.3. The lowest BCUT2D eigenvalue weighted by molar-refractivity contribution is -0.138. The maximum atomic E-state index is 15.6. The van der Waals surface area contributed by atoms with Crippen LogP contribution in [0.4, 0.5) is 34.6 Å². The molecule has 46 heavy (non-hydrogen) atoms. The van der Waals surface area contributed by atoms with E-state index in [0.29, 0.717) is 42.4 Å². The number of piperazine rings is 1. The van der Waals surface area contributed by atoms with E-state index in [1.807, 2.05) is 43.1 Å². The van der Waals surface area contributed by atoms with Crippen LogP contribution in [-0.4, -0.2) is 74.8 Å². The number of nitrogens with one attached hydrogen (secondary N) is 2. The molecule has 3 aliphatic heterocycles. The number of benzene rings is 2. The van der Waals surface area contributed by atoms with E-state index in [2.05, 4.69) is 31.9 Å². The van der Waals surface area contributed by atoms with E-state index in [1.165, 1.54) is 12.1 Å². The molecule has 2 N–H and O–H groups in total. The summed E-state index contributed by atoms with van der Waals surface area (Å²) < 4.78 is 62.3. The Morgan fingerprint density at radius 3 is 2.54 bits per heavy atom. The number of aromatic nitrogens is 1. The summed E-state index contributed by atoms with van der Waals surface area (Å²) in [6, 6.07) is 10.8. The van der Waals surface area contributed by atoms with Gasteiger partial charge in [-0.25, -0.2) is 4.39 Å². The second-order valence-corrected chi connectivity index (χ2v) is 12.5. The zero-order valence-electron chi connectivity index (χ0n) is 25.6. The summed E-state index contributed by atoms with van der Waals surface area (Å²) in [7, 11) is 1.97. The molecule has 3 saturated heterocycles. The van der Waals surface area contributed by atoms with E-state index in [4.69, 9.17) is 4.74 Å². The minimum Gasteiger partial charge on any atom is -0.381 e. The van der Waals surface area contributed by atoms with E-state index in [1.54, 1.807) is 0 Å². The Morgan fingerprint density at radius 2 is 1.83 bits per heavy atom. The number of nitrogens with zero attached hydrogens (tertiary/aromatic N) is 3. The van der Waals surface area contributed by atoms with Crippen LogP contribution < -0.4 is 20.7 Å². The Labute approximate surface area is 264 Å². The number of carbonyl (C=O) groups excluding carboxylic acids is 1. The van der Waals surface area contributed by atoms with E-state index >= 15 is 4.39 Å². The summed E-state index contributed by atoms with van der Waals surface area (Å²) in [5, 5.41) is 2.55. The maximum absolute atomic E-state index is 15.6. The van der Waals surface area contributed by atoms with Gasteiger partial charge in [-0.05, 0) is 51.1 Å². The molecule has 0 radical (unpaired) electrons. The van der Waals surface area contributed by atoms with Gasteiger partial charge in [0.15, 0.2) is 0 Å². The first-order chi connectivity index (χ1) is 21.9. The number of amides is 1. The van der Waals surface area contributed by atoms with Gasteiger partial charge in [-0.1, -0.05) is 17.9 Å². The molecule has 3 fully saturated rings. The second-order valence-electron chi connectivity index (χ2n) is 12.5. The number of alkyl halides is 3. The van der Waals surface area contributed by atoms with Crippen LogP contribution in [0.1, 0.15) is 46.8 Å². The highest BCUT2D eigenvalue weighted by atomic mass is 19.4. The van der Waals surface area contributed by atoms with Crippen LogP contribution in [0, 0.1) is 23.1 Å². The van der Waals surface area contributed by atoms with Crippen molar-refractivity contribution in [2.45, 2.75) is 32.0 Å². The average Bonchev–Trinajstić information content (AvgIpc) is 3.01. The van der Waals surface area contributed by atoms with Gasteiger partial charge in [0.05, 0.1) is 28.1 Å². The van der Waals surface area contributed by atoms with Crippen molar-refractivity contribution in [2.75, 3.05) is 68.1 Å². The van der Waals surface area contributed by atoms with Crippen LogP contribution in [0.2, 0.25) is 0 Å². The van der Waals surface area contributed by atoms with Gasteiger partial charge in [-0.15, -0.1) is 0 Å². The molecule has 3 aliphatic rings. The van der Waals surface area contributed by atoms with E-state index in [9.17, 15) is 22.8 Å². The number of hydrogen-bond donors (Lipinski definition) is 2. The Morgan fingerprint density at radius 1 is 1.07 bits per heavy atom. The number of likely N-dealkylation sites (N-methyl/N-ethyl adjacent to an activating group) is 1. The van der Waals surface area contributed by atoms with Crippen molar-refractivity contribution in [1.29, 1.82) is 0 Å². The second kappa shape index (κ2) is 12.5. The van der Waals surface area contributed by atoms with E-state index < -0.39 is 34.6 Å². The van der Waals surface area contributed by atoms with Crippen LogP contribution in [0.25, 0.3) is 0 Å². The normalized spacial score (nSPS) is 19.7. The molecule has 2 aromatic carbocycles. The van der Waals surface area contributed by atoms with Crippen LogP contribution in [-0.2, 0) is 10.9 Å². The molecule has 1 atom stereocenters. The number of pyridine rings is 1. The topological polar surface area (TPSA) is 80.9 Å². The molecule has 12 heteroatoms. The van der Waals surface area contributed by atoms with Crippen molar-refractivity contribution >= 4 is 23.0 Å². The Bertz CT molecular complexity index is 1750. The first kappa shape index (κ1) is 31.6. The van der Waals surface area contributed by atoms with Gasteiger partial charge in [-0.3, -0.25) is 9.59 Å². The summed E-state index contributed by atoms with van der Waals surface area (Å²) in [5.74, 6) is 4.17. The molecule has 1 amide bonds. The van der Waals surface area contributed by atoms with Crippen molar-refractivity contribution in [3.8, 4) is 11.8 Å². The highest BCUT2D eigenvalue weighted by molar-refractivity contribution is 6.07. The SMILES string of the molecule is C[C@H]1CN(c2cc(F)c(C#Cc3cccc(N4CC5(CCOCC5)C4)c3)cc2NC(=O)c2c[nH]c(=O)cc2C(F)(F)F)CCN1C. The van der Waals surface area contributed by atoms with E-state index in [0.717, 1.165) is 51.0 Å². The third-order valence-corrected chi connectivity index (χ3v) is 9.27. The summed E-state index contributed by atoms with van der Waals surface area (Å²) in [6.45, 7) is 7.16. The lowest BCUT2D eigenvalue weighted by Gasteiger charge is -2.53. The summed E-state index contributed by atoms with van der Waals surface area (Å²) in [5.41, 5.74) is -0.690. The highest BCUT2D eigenvalue weighted by Crippen LogP contribution is 2.42. The Hall–Kier alpha value is -4.34. The third-order valence-electron chi connectivity index (χ3n) is 9.27. The molecule has 0 aliphatic carbocycles. The van der Waals surface area contributed by atoms with Gasteiger partial charge in [0, 0.05) is 87.0 Å². The van der Waals surface area contributed by atoms with E-state index in [-0.39, 0.29) is 17.3 Å². The monoisotopic (exact) mass is 637 g/mol.